The highest BCUT2D eigenvalue weighted by atomic mass is 35.5. The lowest BCUT2D eigenvalue weighted by Gasteiger charge is -2.46. The first-order valence-electron chi connectivity index (χ1n) is 12.3. The number of methoxy groups -OCH3 is 1. The van der Waals surface area contributed by atoms with Gasteiger partial charge in [-0.25, -0.2) is 0 Å². The molecule has 0 bridgehead atoms. The van der Waals surface area contributed by atoms with Crippen molar-refractivity contribution < 1.29 is 9.47 Å². The van der Waals surface area contributed by atoms with Crippen LogP contribution in [0.4, 0.5) is 5.69 Å². The lowest BCUT2D eigenvalue weighted by atomic mass is 9.60. The average molecular weight is 467 g/mol. The third-order valence-electron chi connectivity index (χ3n) is 6.89. The van der Waals surface area contributed by atoms with Crippen LogP contribution < -0.4 is 9.64 Å². The minimum atomic E-state index is 0. The molecule has 184 valence electrons. The van der Waals surface area contributed by atoms with Gasteiger partial charge in [0.1, 0.15) is 12.4 Å². The van der Waals surface area contributed by atoms with Crippen molar-refractivity contribution in [1.29, 1.82) is 0 Å². The molecule has 1 saturated carbocycles. The molecule has 0 amide bonds. The Labute approximate surface area is 203 Å². The lowest BCUT2D eigenvalue weighted by Crippen LogP contribution is -2.47. The Balaban J connectivity index is 0.00000363. The molecule has 1 aliphatic heterocycles. The van der Waals surface area contributed by atoms with Crippen LogP contribution in [0.5, 0.6) is 5.75 Å². The second kappa shape index (κ2) is 11.4. The zero-order valence-corrected chi connectivity index (χ0v) is 22.4. The van der Waals surface area contributed by atoms with Crippen LogP contribution in [0, 0.1) is 16.7 Å². The van der Waals surface area contributed by atoms with Gasteiger partial charge in [-0.3, -0.25) is 4.90 Å². The smallest absolute Gasteiger partial charge is 0.119 e. The molecule has 5 heteroatoms. The van der Waals surface area contributed by atoms with Gasteiger partial charge in [0.15, 0.2) is 0 Å². The van der Waals surface area contributed by atoms with E-state index in [4.69, 9.17) is 9.47 Å². The van der Waals surface area contributed by atoms with E-state index in [1.165, 1.54) is 37.1 Å². The minimum Gasteiger partial charge on any atom is -0.491 e. The average Bonchev–Trinajstić information content (AvgIpc) is 2.66. The number of ether oxygens (including phenoxy) is 2. The van der Waals surface area contributed by atoms with Gasteiger partial charge in [-0.15, -0.1) is 12.4 Å². The van der Waals surface area contributed by atoms with Crippen LogP contribution >= 0.6 is 12.4 Å². The largest absolute Gasteiger partial charge is 0.491 e. The zero-order chi connectivity index (χ0) is 22.6. The summed E-state index contributed by atoms with van der Waals surface area (Å²) < 4.78 is 11.2. The summed E-state index contributed by atoms with van der Waals surface area (Å²) in [5.74, 6) is 2.29. The number of hydrogen-bond acceptors (Lipinski definition) is 4. The fourth-order valence-electron chi connectivity index (χ4n) is 6.23. The van der Waals surface area contributed by atoms with Gasteiger partial charge >= 0.3 is 0 Å². The molecule has 3 rings (SSSR count). The number of halogens is 1. The van der Waals surface area contributed by atoms with E-state index >= 15 is 0 Å². The number of rotatable bonds is 8. The van der Waals surface area contributed by atoms with Gasteiger partial charge in [-0.2, -0.15) is 0 Å². The summed E-state index contributed by atoms with van der Waals surface area (Å²) in [6, 6.07) is 6.83. The summed E-state index contributed by atoms with van der Waals surface area (Å²) in [5.41, 5.74) is 3.66. The first-order chi connectivity index (χ1) is 14.6. The molecule has 1 heterocycles. The highest BCUT2D eigenvalue weighted by Crippen LogP contribution is 2.53. The number of anilines is 1. The Bertz CT molecular complexity index is 696. The van der Waals surface area contributed by atoms with Crippen LogP contribution in [-0.4, -0.2) is 57.9 Å². The Morgan fingerprint density at radius 1 is 0.969 bits per heavy atom. The van der Waals surface area contributed by atoms with Crippen LogP contribution in [-0.2, 0) is 4.74 Å². The van der Waals surface area contributed by atoms with E-state index in [-0.39, 0.29) is 12.4 Å². The molecule has 2 fully saturated rings. The van der Waals surface area contributed by atoms with Crippen molar-refractivity contribution >= 4 is 18.1 Å². The molecule has 0 unspecified atom stereocenters. The number of benzene rings is 1. The Morgan fingerprint density at radius 2 is 1.59 bits per heavy atom. The van der Waals surface area contributed by atoms with Crippen molar-refractivity contribution in [3.63, 3.8) is 0 Å². The molecular formula is C27H47ClN2O2. The van der Waals surface area contributed by atoms with Crippen molar-refractivity contribution in [2.45, 2.75) is 66.7 Å². The second-order valence-corrected chi connectivity index (χ2v) is 11.9. The lowest BCUT2D eigenvalue weighted by molar-refractivity contribution is 0.0968. The Hall–Kier alpha value is -0.970. The molecule has 2 aliphatic rings. The molecule has 1 saturated heterocycles. The highest BCUT2D eigenvalue weighted by Gasteiger charge is 2.40. The number of nitrogens with zero attached hydrogens (tertiary/aromatic N) is 2. The Kier molecular flexibility index (Phi) is 9.75. The van der Waals surface area contributed by atoms with Gasteiger partial charge in [-0.1, -0.05) is 41.5 Å². The molecule has 0 radical (unpaired) electrons. The maximum Gasteiger partial charge on any atom is 0.119 e. The standard InChI is InChI=1S/C27H46N2O2.ClH/c1-21(2)19-28-10-12-29(13-11-28)25-9-8-23(31-15-14-30-7)16-24(25)22-17-26(3,4)20-27(5,6)18-22;/h8-9,16,21-22H,10-15,17-20H2,1-7H3;1H. The summed E-state index contributed by atoms with van der Waals surface area (Å²) in [5, 5.41) is 0. The summed E-state index contributed by atoms with van der Waals surface area (Å²) in [6.07, 6.45) is 3.79. The topological polar surface area (TPSA) is 24.9 Å². The molecule has 0 N–H and O–H groups in total. The van der Waals surface area contributed by atoms with E-state index in [1.807, 2.05) is 0 Å². The zero-order valence-electron chi connectivity index (χ0n) is 21.6. The minimum absolute atomic E-state index is 0. The Morgan fingerprint density at radius 3 is 2.16 bits per heavy atom. The van der Waals surface area contributed by atoms with Gasteiger partial charge in [-0.05, 0) is 65.7 Å². The van der Waals surface area contributed by atoms with Crippen molar-refractivity contribution in [3.05, 3.63) is 23.8 Å². The first kappa shape index (κ1) is 27.3. The maximum absolute atomic E-state index is 6.03. The van der Waals surface area contributed by atoms with E-state index in [2.05, 4.69) is 69.5 Å². The summed E-state index contributed by atoms with van der Waals surface area (Å²) in [6.45, 7) is 21.4. The molecule has 0 atom stereocenters. The third-order valence-corrected chi connectivity index (χ3v) is 6.89. The van der Waals surface area contributed by atoms with Crippen LogP contribution in [0.3, 0.4) is 0 Å². The third kappa shape index (κ3) is 7.53. The monoisotopic (exact) mass is 466 g/mol. The van der Waals surface area contributed by atoms with Crippen molar-refractivity contribution in [2.24, 2.45) is 16.7 Å². The van der Waals surface area contributed by atoms with Gasteiger partial charge in [0.25, 0.3) is 0 Å². The molecule has 1 aromatic rings. The van der Waals surface area contributed by atoms with Gasteiger partial charge in [0.2, 0.25) is 0 Å². The number of hydrogen-bond donors (Lipinski definition) is 0. The summed E-state index contributed by atoms with van der Waals surface area (Å²) >= 11 is 0. The van der Waals surface area contributed by atoms with Crippen LogP contribution in [0.2, 0.25) is 0 Å². The normalized spacial score (nSPS) is 21.4. The first-order valence-corrected chi connectivity index (χ1v) is 12.3. The van der Waals surface area contributed by atoms with Crippen molar-refractivity contribution in [1.82, 2.24) is 4.90 Å². The van der Waals surface area contributed by atoms with Crippen LogP contribution in [0.1, 0.15) is 72.3 Å². The van der Waals surface area contributed by atoms with Crippen molar-refractivity contribution in [3.8, 4) is 5.75 Å². The van der Waals surface area contributed by atoms with E-state index in [9.17, 15) is 0 Å². The fraction of sp³-hybridized carbons (Fsp3) is 0.778. The highest BCUT2D eigenvalue weighted by molar-refractivity contribution is 5.85. The predicted octanol–water partition coefficient (Wildman–Crippen LogP) is 6.23. The maximum atomic E-state index is 6.03. The summed E-state index contributed by atoms with van der Waals surface area (Å²) in [4.78, 5) is 5.25. The molecule has 32 heavy (non-hydrogen) atoms. The molecule has 4 nitrogen and oxygen atoms in total. The van der Waals surface area contributed by atoms with Gasteiger partial charge in [0.05, 0.1) is 6.61 Å². The fourth-order valence-corrected chi connectivity index (χ4v) is 6.23. The SMILES string of the molecule is COCCOc1ccc(N2CCN(CC(C)C)CC2)c(C2CC(C)(C)CC(C)(C)C2)c1.Cl. The quantitative estimate of drug-likeness (QED) is 0.424. The van der Waals surface area contributed by atoms with E-state index in [1.54, 1.807) is 7.11 Å². The van der Waals surface area contributed by atoms with E-state index < -0.39 is 0 Å². The molecular weight excluding hydrogens is 420 g/mol. The molecule has 0 aromatic heterocycles. The van der Waals surface area contributed by atoms with Gasteiger partial charge in [0, 0.05) is 45.5 Å². The second-order valence-electron chi connectivity index (χ2n) is 11.9. The van der Waals surface area contributed by atoms with E-state index in [0.717, 1.165) is 37.8 Å². The molecule has 1 aromatic carbocycles. The predicted molar refractivity (Wildman–Crippen MR) is 139 cm³/mol. The molecule has 0 spiro atoms. The van der Waals surface area contributed by atoms with Crippen molar-refractivity contribution in [2.75, 3.05) is 57.9 Å². The van der Waals surface area contributed by atoms with Crippen LogP contribution in [0.15, 0.2) is 18.2 Å². The van der Waals surface area contributed by atoms with Crippen LogP contribution in [0.25, 0.3) is 0 Å². The summed E-state index contributed by atoms with van der Waals surface area (Å²) in [7, 11) is 1.73. The van der Waals surface area contributed by atoms with Gasteiger partial charge < -0.3 is 14.4 Å². The molecule has 1 aliphatic carbocycles. The number of piperazine rings is 1. The van der Waals surface area contributed by atoms with E-state index in [0.29, 0.717) is 30.0 Å².